The Morgan fingerprint density at radius 3 is 2.46 bits per heavy atom. The monoisotopic (exact) mass is 354 g/mol. The van der Waals surface area contributed by atoms with Gasteiger partial charge in [-0.2, -0.15) is 0 Å². The molecular weight excluding hydrogens is 328 g/mol. The second kappa shape index (κ2) is 6.86. The standard InChI is InChI=1S/C22H26O4/c1-15(23)20-13-19(25-21(2,3)4)14-22(24-5,26-20)18-11-10-16-8-6-7-9-17(16)12-18/h6-13,19H,14H2,1-5H3/t19-,22+/m1/s1. The highest BCUT2D eigenvalue weighted by atomic mass is 16.7. The highest BCUT2D eigenvalue weighted by molar-refractivity contribution is 5.91. The molecule has 0 saturated carbocycles. The van der Waals surface area contributed by atoms with Gasteiger partial charge in [0.25, 0.3) is 0 Å². The van der Waals surface area contributed by atoms with Crippen molar-refractivity contribution in [2.45, 2.75) is 51.6 Å². The smallest absolute Gasteiger partial charge is 0.240 e. The van der Waals surface area contributed by atoms with E-state index in [0.717, 1.165) is 16.3 Å². The first-order valence-corrected chi connectivity index (χ1v) is 8.86. The molecule has 26 heavy (non-hydrogen) atoms. The third kappa shape index (κ3) is 3.81. The molecule has 1 heterocycles. The summed E-state index contributed by atoms with van der Waals surface area (Å²) >= 11 is 0. The molecule has 0 amide bonds. The molecule has 2 aromatic carbocycles. The van der Waals surface area contributed by atoms with E-state index < -0.39 is 5.79 Å². The van der Waals surface area contributed by atoms with E-state index in [2.05, 4.69) is 18.2 Å². The fourth-order valence-electron chi connectivity index (χ4n) is 3.31. The maximum Gasteiger partial charge on any atom is 0.240 e. The summed E-state index contributed by atoms with van der Waals surface area (Å²) in [5, 5.41) is 2.24. The van der Waals surface area contributed by atoms with Crippen molar-refractivity contribution in [3.05, 3.63) is 59.9 Å². The average molecular weight is 354 g/mol. The maximum atomic E-state index is 12.1. The third-order valence-electron chi connectivity index (χ3n) is 4.45. The number of hydrogen-bond donors (Lipinski definition) is 0. The number of benzene rings is 2. The first-order chi connectivity index (χ1) is 12.2. The van der Waals surface area contributed by atoms with Crippen molar-refractivity contribution in [3.63, 3.8) is 0 Å². The van der Waals surface area contributed by atoms with Crippen molar-refractivity contribution in [2.75, 3.05) is 7.11 Å². The van der Waals surface area contributed by atoms with Crippen LogP contribution in [0.3, 0.4) is 0 Å². The molecule has 0 spiro atoms. The molecular formula is C22H26O4. The summed E-state index contributed by atoms with van der Waals surface area (Å²) in [4.78, 5) is 12.1. The normalized spacial score (nSPS) is 23.4. The number of rotatable bonds is 4. The van der Waals surface area contributed by atoms with E-state index in [-0.39, 0.29) is 23.2 Å². The van der Waals surface area contributed by atoms with Crippen LogP contribution in [0, 0.1) is 0 Å². The summed E-state index contributed by atoms with van der Waals surface area (Å²) in [6, 6.07) is 14.2. The van der Waals surface area contributed by atoms with Crippen molar-refractivity contribution >= 4 is 16.6 Å². The second-order valence-corrected chi connectivity index (χ2v) is 7.68. The molecule has 4 heteroatoms. The highest BCUT2D eigenvalue weighted by Gasteiger charge is 2.43. The Labute approximate surface area is 154 Å². The Kier molecular flexibility index (Phi) is 4.91. The zero-order valence-corrected chi connectivity index (χ0v) is 16.0. The van der Waals surface area contributed by atoms with Gasteiger partial charge in [0.15, 0.2) is 11.5 Å². The van der Waals surface area contributed by atoms with E-state index >= 15 is 0 Å². The number of carbonyl (C=O) groups excluding carboxylic acids is 1. The number of ketones is 1. The molecule has 1 aliphatic heterocycles. The lowest BCUT2D eigenvalue weighted by Crippen LogP contribution is -2.42. The number of fused-ring (bicyclic) bond motifs is 1. The van der Waals surface area contributed by atoms with Gasteiger partial charge in [-0.25, -0.2) is 0 Å². The number of carbonyl (C=O) groups is 1. The van der Waals surface area contributed by atoms with Gasteiger partial charge in [-0.3, -0.25) is 4.79 Å². The summed E-state index contributed by atoms with van der Waals surface area (Å²) in [5.41, 5.74) is 0.525. The minimum absolute atomic E-state index is 0.144. The van der Waals surface area contributed by atoms with E-state index in [1.165, 1.54) is 6.92 Å². The molecule has 138 valence electrons. The topological polar surface area (TPSA) is 44.8 Å². The molecule has 0 aliphatic carbocycles. The molecule has 3 rings (SSSR count). The molecule has 0 unspecified atom stereocenters. The number of Topliss-reactive ketones (excluding diaryl/α,β-unsaturated/α-hetero) is 1. The number of ether oxygens (including phenoxy) is 3. The summed E-state index contributed by atoms with van der Waals surface area (Å²) in [6.45, 7) is 7.48. The van der Waals surface area contributed by atoms with Crippen LogP contribution in [0.4, 0.5) is 0 Å². The molecule has 0 aromatic heterocycles. The van der Waals surface area contributed by atoms with E-state index in [1.54, 1.807) is 13.2 Å². The molecule has 2 aromatic rings. The molecule has 0 N–H and O–H groups in total. The van der Waals surface area contributed by atoms with Crippen LogP contribution >= 0.6 is 0 Å². The largest absolute Gasteiger partial charge is 0.454 e. The Hall–Kier alpha value is -2.17. The average Bonchev–Trinajstić information content (AvgIpc) is 2.59. The van der Waals surface area contributed by atoms with Crippen molar-refractivity contribution < 1.29 is 19.0 Å². The molecule has 4 nitrogen and oxygen atoms in total. The van der Waals surface area contributed by atoms with Crippen LogP contribution < -0.4 is 0 Å². The second-order valence-electron chi connectivity index (χ2n) is 7.68. The predicted octanol–water partition coefficient (Wildman–Crippen LogP) is 4.72. The van der Waals surface area contributed by atoms with Crippen LogP contribution in [0.15, 0.2) is 54.3 Å². The first-order valence-electron chi connectivity index (χ1n) is 8.86. The van der Waals surface area contributed by atoms with Gasteiger partial charge in [0.05, 0.1) is 11.7 Å². The minimum Gasteiger partial charge on any atom is -0.454 e. The molecule has 2 atom stereocenters. The van der Waals surface area contributed by atoms with Crippen LogP contribution in [0.1, 0.15) is 39.7 Å². The van der Waals surface area contributed by atoms with Crippen LogP contribution in [-0.4, -0.2) is 24.6 Å². The lowest BCUT2D eigenvalue weighted by molar-refractivity contribution is -0.240. The first kappa shape index (κ1) is 18.6. The Morgan fingerprint density at radius 2 is 1.85 bits per heavy atom. The van der Waals surface area contributed by atoms with Gasteiger partial charge in [-0.1, -0.05) is 36.4 Å². The maximum absolute atomic E-state index is 12.1. The van der Waals surface area contributed by atoms with Crippen LogP contribution in [0.25, 0.3) is 10.8 Å². The molecule has 0 fully saturated rings. The third-order valence-corrected chi connectivity index (χ3v) is 4.45. The lowest BCUT2D eigenvalue weighted by atomic mass is 9.93. The fraction of sp³-hybridized carbons (Fsp3) is 0.409. The summed E-state index contributed by atoms with van der Waals surface area (Å²) in [7, 11) is 1.60. The summed E-state index contributed by atoms with van der Waals surface area (Å²) < 4.78 is 18.1. The zero-order valence-electron chi connectivity index (χ0n) is 16.0. The lowest BCUT2D eigenvalue weighted by Gasteiger charge is -2.40. The van der Waals surface area contributed by atoms with Crippen molar-refractivity contribution in [1.29, 1.82) is 0 Å². The van der Waals surface area contributed by atoms with Gasteiger partial charge in [0.2, 0.25) is 5.79 Å². The van der Waals surface area contributed by atoms with E-state index in [9.17, 15) is 4.79 Å². The van der Waals surface area contributed by atoms with Crippen LogP contribution in [0.2, 0.25) is 0 Å². The Bertz CT molecular complexity index is 847. The van der Waals surface area contributed by atoms with Crippen molar-refractivity contribution in [1.82, 2.24) is 0 Å². The highest BCUT2D eigenvalue weighted by Crippen LogP contribution is 2.40. The minimum atomic E-state index is -1.06. The number of hydrogen-bond acceptors (Lipinski definition) is 4. The van der Waals surface area contributed by atoms with Gasteiger partial charge in [0, 0.05) is 26.0 Å². The van der Waals surface area contributed by atoms with E-state index in [0.29, 0.717) is 6.42 Å². The number of allylic oxidation sites excluding steroid dienone is 1. The van der Waals surface area contributed by atoms with Crippen molar-refractivity contribution in [2.24, 2.45) is 0 Å². The molecule has 0 saturated heterocycles. The van der Waals surface area contributed by atoms with Gasteiger partial charge in [-0.05, 0) is 43.7 Å². The van der Waals surface area contributed by atoms with E-state index in [4.69, 9.17) is 14.2 Å². The Morgan fingerprint density at radius 1 is 1.15 bits per heavy atom. The van der Waals surface area contributed by atoms with E-state index in [1.807, 2.05) is 45.0 Å². The van der Waals surface area contributed by atoms with Gasteiger partial charge >= 0.3 is 0 Å². The van der Waals surface area contributed by atoms with Gasteiger partial charge in [-0.15, -0.1) is 0 Å². The quantitative estimate of drug-likeness (QED) is 0.797. The molecule has 1 aliphatic rings. The molecule has 0 radical (unpaired) electrons. The van der Waals surface area contributed by atoms with Crippen LogP contribution in [0.5, 0.6) is 0 Å². The van der Waals surface area contributed by atoms with Crippen molar-refractivity contribution in [3.8, 4) is 0 Å². The predicted molar refractivity (Wildman–Crippen MR) is 102 cm³/mol. The van der Waals surface area contributed by atoms with Crippen LogP contribution in [-0.2, 0) is 24.8 Å². The number of methoxy groups -OCH3 is 1. The fourth-order valence-corrected chi connectivity index (χ4v) is 3.31. The summed E-state index contributed by atoms with van der Waals surface area (Å²) in [6.07, 6.45) is 1.94. The summed E-state index contributed by atoms with van der Waals surface area (Å²) in [5.74, 6) is -0.926. The Balaban J connectivity index is 2.05. The van der Waals surface area contributed by atoms with Gasteiger partial charge in [0.1, 0.15) is 0 Å². The SMILES string of the molecule is CO[C@@]1(c2ccc3ccccc3c2)C[C@H](OC(C)(C)C)C=C(C(C)=O)O1. The van der Waals surface area contributed by atoms with Gasteiger partial charge < -0.3 is 14.2 Å². The zero-order chi connectivity index (χ0) is 18.9. The molecule has 0 bridgehead atoms.